The third-order valence-corrected chi connectivity index (χ3v) is 18.4. The highest BCUT2D eigenvalue weighted by Gasteiger charge is 2.30. The number of phosphoric ester groups is 2. The van der Waals surface area contributed by atoms with Crippen molar-refractivity contribution < 1.29 is 80.2 Å². The van der Waals surface area contributed by atoms with E-state index in [1.165, 1.54) is 154 Å². The van der Waals surface area contributed by atoms with Crippen LogP contribution in [0.25, 0.3) is 0 Å². The molecule has 0 aromatic rings. The van der Waals surface area contributed by atoms with Gasteiger partial charge in [0, 0.05) is 25.7 Å². The molecule has 0 aromatic heterocycles. The van der Waals surface area contributed by atoms with Crippen molar-refractivity contribution in [3.8, 4) is 0 Å². The highest BCUT2D eigenvalue weighted by Crippen LogP contribution is 2.45. The average molecular weight is 1310 g/mol. The molecule has 3 unspecified atom stereocenters. The van der Waals surface area contributed by atoms with Crippen molar-refractivity contribution >= 4 is 39.5 Å². The third-order valence-electron chi connectivity index (χ3n) is 16.5. The predicted molar refractivity (Wildman–Crippen MR) is 358 cm³/mol. The van der Waals surface area contributed by atoms with Crippen LogP contribution in [-0.2, 0) is 65.4 Å². The molecule has 0 aliphatic carbocycles. The van der Waals surface area contributed by atoms with Gasteiger partial charge in [0.15, 0.2) is 12.2 Å². The number of phosphoric acid groups is 2. The summed E-state index contributed by atoms with van der Waals surface area (Å²) in [6.45, 7) is 11.8. The van der Waals surface area contributed by atoms with Crippen LogP contribution in [0.1, 0.15) is 350 Å². The summed E-state index contributed by atoms with van der Waals surface area (Å²) in [4.78, 5) is 72.5. The summed E-state index contributed by atoms with van der Waals surface area (Å²) in [6, 6.07) is 0. The fraction of sp³-hybridized carbons (Fsp3) is 0.943. The number of unbranched alkanes of at least 4 members (excludes halogenated alkanes) is 35. The second-order valence-electron chi connectivity index (χ2n) is 26.5. The van der Waals surface area contributed by atoms with Crippen LogP contribution in [0.5, 0.6) is 0 Å². The highest BCUT2D eigenvalue weighted by molar-refractivity contribution is 7.47. The molecule has 19 heteroatoms. The summed E-state index contributed by atoms with van der Waals surface area (Å²) in [5, 5.41) is 10.6. The van der Waals surface area contributed by atoms with Crippen LogP contribution in [0.15, 0.2) is 0 Å². The molecule has 0 rings (SSSR count). The van der Waals surface area contributed by atoms with Crippen LogP contribution >= 0.6 is 15.6 Å². The van der Waals surface area contributed by atoms with Crippen molar-refractivity contribution in [3.05, 3.63) is 0 Å². The number of aliphatic hydroxyl groups excluding tert-OH is 1. The number of carbonyl (C=O) groups is 4. The molecule has 0 aromatic carbocycles. The second kappa shape index (κ2) is 61.0. The molecular weight excluding hydrogens is 1170 g/mol. The first-order chi connectivity index (χ1) is 42.8. The standard InChI is InChI=1S/C70H136O17P2/c1-8-10-11-12-13-14-15-16-17-18-19-24-30-39-46-53-69(74)86-65(57-80-67(72)51-44-37-29-23-21-20-22-27-34-41-48-61(3)4)59-84-88(76,77)82-55-64(71)56-83-89(78,79)85-60-66(58-81-68(73)52-45-38-33-32-35-42-49-62(5)6)87-70(75)54-47-40-31-26-25-28-36-43-50-63(7)9-2/h61-66,71H,8-60H2,1-7H3,(H,76,77)(H,78,79)/t63?,64-,65-,66-/m1/s1. The van der Waals surface area contributed by atoms with Crippen molar-refractivity contribution in [2.24, 2.45) is 17.8 Å². The van der Waals surface area contributed by atoms with E-state index in [0.29, 0.717) is 31.6 Å². The van der Waals surface area contributed by atoms with Gasteiger partial charge in [-0.25, -0.2) is 9.13 Å². The average Bonchev–Trinajstić information content (AvgIpc) is 3.69. The minimum Gasteiger partial charge on any atom is -0.462 e. The summed E-state index contributed by atoms with van der Waals surface area (Å²) in [6.07, 6.45) is 44.5. The monoisotopic (exact) mass is 1310 g/mol. The second-order valence-corrected chi connectivity index (χ2v) is 29.4. The zero-order valence-electron chi connectivity index (χ0n) is 57.9. The van der Waals surface area contributed by atoms with Gasteiger partial charge in [-0.2, -0.15) is 0 Å². The van der Waals surface area contributed by atoms with Gasteiger partial charge in [-0.15, -0.1) is 0 Å². The Hall–Kier alpha value is -1.94. The number of hydrogen-bond acceptors (Lipinski definition) is 15. The first-order valence-electron chi connectivity index (χ1n) is 36.4. The number of carbonyl (C=O) groups excluding carboxylic acids is 4. The largest absolute Gasteiger partial charge is 0.472 e. The van der Waals surface area contributed by atoms with Crippen LogP contribution in [0.3, 0.4) is 0 Å². The lowest BCUT2D eigenvalue weighted by Gasteiger charge is -2.21. The highest BCUT2D eigenvalue weighted by atomic mass is 31.2. The number of aliphatic hydroxyl groups is 1. The van der Waals surface area contributed by atoms with Crippen molar-refractivity contribution in [2.75, 3.05) is 39.6 Å². The van der Waals surface area contributed by atoms with Gasteiger partial charge in [-0.05, 0) is 43.4 Å². The molecule has 17 nitrogen and oxygen atoms in total. The molecule has 0 fully saturated rings. The lowest BCUT2D eigenvalue weighted by Crippen LogP contribution is -2.30. The molecule has 0 saturated carbocycles. The molecule has 0 heterocycles. The van der Waals surface area contributed by atoms with Gasteiger partial charge in [-0.1, -0.05) is 299 Å². The van der Waals surface area contributed by atoms with E-state index in [2.05, 4.69) is 48.5 Å². The van der Waals surface area contributed by atoms with E-state index in [4.69, 9.17) is 37.0 Å². The molecule has 0 bridgehead atoms. The molecular formula is C70H136O17P2. The Morgan fingerprint density at radius 1 is 0.326 bits per heavy atom. The van der Waals surface area contributed by atoms with E-state index in [9.17, 15) is 43.2 Å². The van der Waals surface area contributed by atoms with Gasteiger partial charge in [-0.3, -0.25) is 37.3 Å². The molecule has 0 aliphatic heterocycles. The zero-order chi connectivity index (χ0) is 65.9. The van der Waals surface area contributed by atoms with Crippen LogP contribution in [0, 0.1) is 17.8 Å². The molecule has 0 spiro atoms. The van der Waals surface area contributed by atoms with Crippen molar-refractivity contribution in [1.82, 2.24) is 0 Å². The van der Waals surface area contributed by atoms with Gasteiger partial charge in [0.05, 0.1) is 26.4 Å². The van der Waals surface area contributed by atoms with Gasteiger partial charge in [0.25, 0.3) is 0 Å². The Labute approximate surface area is 543 Å². The van der Waals surface area contributed by atoms with E-state index in [-0.39, 0.29) is 25.7 Å². The molecule has 3 N–H and O–H groups in total. The Balaban J connectivity index is 5.25. The minimum atomic E-state index is -4.95. The quantitative estimate of drug-likeness (QED) is 0.0222. The summed E-state index contributed by atoms with van der Waals surface area (Å²) >= 11 is 0. The molecule has 6 atom stereocenters. The van der Waals surface area contributed by atoms with Crippen LogP contribution in [0.4, 0.5) is 0 Å². The molecule has 89 heavy (non-hydrogen) atoms. The Bertz CT molecular complexity index is 1750. The van der Waals surface area contributed by atoms with Crippen molar-refractivity contribution in [3.63, 3.8) is 0 Å². The summed E-state index contributed by atoms with van der Waals surface area (Å²) in [7, 11) is -9.90. The first kappa shape index (κ1) is 87.1. The minimum absolute atomic E-state index is 0.104. The van der Waals surface area contributed by atoms with E-state index >= 15 is 0 Å². The SMILES string of the molecule is CCCCCCCCCCCCCCCCCC(=O)O[C@H](COC(=O)CCCCCCCCCCCCC(C)C)COP(=O)(O)OC[C@@H](O)COP(=O)(O)OC[C@@H](COC(=O)CCCCCCCCC(C)C)OC(=O)CCCCCCCCCCC(C)CC. The van der Waals surface area contributed by atoms with E-state index in [0.717, 1.165) is 108 Å². The van der Waals surface area contributed by atoms with Crippen LogP contribution in [0.2, 0.25) is 0 Å². The predicted octanol–water partition coefficient (Wildman–Crippen LogP) is 19.8. The van der Waals surface area contributed by atoms with Gasteiger partial charge < -0.3 is 33.8 Å². The number of esters is 4. The maximum atomic E-state index is 13.0. The Kier molecular flexibility index (Phi) is 59.6. The molecule has 0 aliphatic rings. The van der Waals surface area contributed by atoms with Crippen LogP contribution in [-0.4, -0.2) is 96.7 Å². The van der Waals surface area contributed by atoms with E-state index < -0.39 is 97.5 Å². The maximum absolute atomic E-state index is 13.0. The zero-order valence-corrected chi connectivity index (χ0v) is 59.7. The topological polar surface area (TPSA) is 237 Å². The maximum Gasteiger partial charge on any atom is 0.472 e. The molecule has 0 amide bonds. The van der Waals surface area contributed by atoms with Crippen molar-refractivity contribution in [2.45, 2.75) is 369 Å². The Morgan fingerprint density at radius 3 is 0.854 bits per heavy atom. The van der Waals surface area contributed by atoms with Crippen molar-refractivity contribution in [1.29, 1.82) is 0 Å². The van der Waals surface area contributed by atoms with Gasteiger partial charge >= 0.3 is 39.5 Å². The summed E-state index contributed by atoms with van der Waals surface area (Å²) in [5.41, 5.74) is 0. The number of hydrogen-bond donors (Lipinski definition) is 3. The van der Waals surface area contributed by atoms with E-state index in [1.807, 2.05) is 0 Å². The fourth-order valence-corrected chi connectivity index (χ4v) is 12.1. The van der Waals surface area contributed by atoms with Crippen LogP contribution < -0.4 is 0 Å². The van der Waals surface area contributed by atoms with Gasteiger partial charge in [0.2, 0.25) is 0 Å². The Morgan fingerprint density at radius 2 is 0.573 bits per heavy atom. The first-order valence-corrected chi connectivity index (χ1v) is 39.4. The van der Waals surface area contributed by atoms with E-state index in [1.54, 1.807) is 0 Å². The molecule has 0 saturated heterocycles. The number of rotatable bonds is 68. The normalized spacial score (nSPS) is 14.5. The molecule has 528 valence electrons. The summed E-state index contributed by atoms with van der Waals surface area (Å²) < 4.78 is 68.3. The fourth-order valence-electron chi connectivity index (χ4n) is 10.5. The molecule has 0 radical (unpaired) electrons. The third kappa shape index (κ3) is 63.2. The lowest BCUT2D eigenvalue weighted by molar-refractivity contribution is -0.161. The van der Waals surface area contributed by atoms with Gasteiger partial charge in [0.1, 0.15) is 19.3 Å². The number of ether oxygens (including phenoxy) is 4. The lowest BCUT2D eigenvalue weighted by atomic mass is 9.99. The smallest absolute Gasteiger partial charge is 0.462 e. The summed E-state index contributed by atoms with van der Waals surface area (Å²) in [5.74, 6) is 0.0791.